The standard InChI is InChI=1S/C24H16F5N9O/c1-37-21(33-35-36-37)10-14-9-20(38(34-14)15-5-3-13(25)4-6-15)32-23(39)17-11-16(22-30-7-2-8-31-22)18(12-19(17)26)24(27,28)29/h2-9,11-12H,10H2,1H3,(H,32,39). The molecule has 0 unspecified atom stereocenters. The van der Waals surface area contributed by atoms with Gasteiger partial charge in [0.2, 0.25) is 0 Å². The van der Waals surface area contributed by atoms with Crippen LogP contribution in [0.5, 0.6) is 0 Å². The zero-order chi connectivity index (χ0) is 27.7. The molecule has 2 aromatic carbocycles. The maximum atomic E-state index is 14.9. The van der Waals surface area contributed by atoms with Crippen LogP contribution in [0.2, 0.25) is 0 Å². The van der Waals surface area contributed by atoms with Crippen LogP contribution in [0.25, 0.3) is 17.1 Å². The lowest BCUT2D eigenvalue weighted by atomic mass is 10.0. The number of rotatable bonds is 6. The summed E-state index contributed by atoms with van der Waals surface area (Å²) < 4.78 is 72.1. The van der Waals surface area contributed by atoms with Crippen LogP contribution in [0.4, 0.5) is 27.8 Å². The minimum absolute atomic E-state index is 0.0357. The first-order valence-electron chi connectivity index (χ1n) is 11.2. The predicted molar refractivity (Wildman–Crippen MR) is 126 cm³/mol. The number of nitrogens with zero attached hydrogens (tertiary/aromatic N) is 8. The normalized spacial score (nSPS) is 11.5. The molecule has 0 radical (unpaired) electrons. The molecule has 10 nitrogen and oxygen atoms in total. The van der Waals surface area contributed by atoms with Crippen LogP contribution in [0.1, 0.15) is 27.4 Å². The SMILES string of the molecule is Cn1nnnc1Cc1cc(NC(=O)c2cc(-c3ncccn3)c(C(F)(F)F)cc2F)n(-c2ccc(F)cc2)n1. The molecule has 0 aliphatic carbocycles. The van der Waals surface area contributed by atoms with Crippen LogP contribution >= 0.6 is 0 Å². The van der Waals surface area contributed by atoms with E-state index in [0.29, 0.717) is 17.2 Å². The lowest BCUT2D eigenvalue weighted by Gasteiger charge is -2.15. The number of amides is 1. The molecule has 0 atom stereocenters. The Bertz CT molecular complexity index is 1650. The van der Waals surface area contributed by atoms with Crippen molar-refractivity contribution in [2.75, 3.05) is 5.32 Å². The maximum Gasteiger partial charge on any atom is 0.417 e. The number of halogens is 5. The molecule has 0 saturated carbocycles. The van der Waals surface area contributed by atoms with E-state index in [0.717, 1.165) is 6.07 Å². The van der Waals surface area contributed by atoms with Crippen LogP contribution in [0.3, 0.4) is 0 Å². The Morgan fingerprint density at radius 3 is 2.38 bits per heavy atom. The van der Waals surface area contributed by atoms with Gasteiger partial charge in [-0.25, -0.2) is 28.1 Å². The number of aryl methyl sites for hydroxylation is 1. The fourth-order valence-electron chi connectivity index (χ4n) is 3.73. The number of carbonyl (C=O) groups is 1. The highest BCUT2D eigenvalue weighted by Gasteiger charge is 2.36. The molecule has 0 aliphatic heterocycles. The van der Waals surface area contributed by atoms with Gasteiger partial charge in [-0.3, -0.25) is 4.79 Å². The first-order valence-corrected chi connectivity index (χ1v) is 11.2. The second-order valence-electron chi connectivity index (χ2n) is 8.21. The molecule has 15 heteroatoms. The molecule has 198 valence electrons. The number of benzene rings is 2. The molecule has 1 N–H and O–H groups in total. The predicted octanol–water partition coefficient (Wildman–Crippen LogP) is 3.99. The van der Waals surface area contributed by atoms with Crippen molar-refractivity contribution in [3.63, 3.8) is 0 Å². The van der Waals surface area contributed by atoms with Crippen molar-refractivity contribution in [2.45, 2.75) is 12.6 Å². The van der Waals surface area contributed by atoms with E-state index in [-0.39, 0.29) is 24.1 Å². The number of anilines is 1. The number of hydrogen-bond acceptors (Lipinski definition) is 7. The van der Waals surface area contributed by atoms with E-state index in [1.165, 1.54) is 58.2 Å². The van der Waals surface area contributed by atoms with Crippen LogP contribution in [0, 0.1) is 11.6 Å². The summed E-state index contributed by atoms with van der Waals surface area (Å²) in [5.74, 6) is -2.84. The molecule has 0 bridgehead atoms. The number of aromatic nitrogens is 8. The minimum Gasteiger partial charge on any atom is -0.306 e. The van der Waals surface area contributed by atoms with Crippen molar-refractivity contribution in [3.8, 4) is 17.1 Å². The van der Waals surface area contributed by atoms with E-state index >= 15 is 0 Å². The van der Waals surface area contributed by atoms with Crippen LogP contribution < -0.4 is 5.32 Å². The molecule has 0 saturated heterocycles. The fraction of sp³-hybridized carbons (Fsp3) is 0.125. The molecule has 0 aliphatic rings. The van der Waals surface area contributed by atoms with E-state index in [1.807, 2.05) is 0 Å². The lowest BCUT2D eigenvalue weighted by molar-refractivity contribution is -0.137. The Morgan fingerprint density at radius 2 is 1.74 bits per heavy atom. The first kappa shape index (κ1) is 25.6. The second kappa shape index (κ2) is 10.00. The quantitative estimate of drug-likeness (QED) is 0.323. The number of carbonyl (C=O) groups excluding carboxylic acids is 1. The Balaban J connectivity index is 1.55. The highest BCUT2D eigenvalue weighted by molar-refractivity contribution is 6.05. The van der Waals surface area contributed by atoms with Gasteiger partial charge >= 0.3 is 6.18 Å². The molecule has 3 heterocycles. The number of tetrazole rings is 1. The molecule has 3 aromatic heterocycles. The Morgan fingerprint density at radius 1 is 1.03 bits per heavy atom. The highest BCUT2D eigenvalue weighted by Crippen LogP contribution is 2.37. The molecule has 0 spiro atoms. The smallest absolute Gasteiger partial charge is 0.306 e. The Kier molecular flexibility index (Phi) is 6.55. The van der Waals surface area contributed by atoms with Crippen molar-refractivity contribution < 1.29 is 26.7 Å². The van der Waals surface area contributed by atoms with Crippen LogP contribution in [0.15, 0.2) is 60.9 Å². The van der Waals surface area contributed by atoms with E-state index in [4.69, 9.17) is 0 Å². The lowest BCUT2D eigenvalue weighted by Crippen LogP contribution is -2.18. The zero-order valence-electron chi connectivity index (χ0n) is 19.9. The summed E-state index contributed by atoms with van der Waals surface area (Å²) in [6.07, 6.45) is -2.35. The van der Waals surface area contributed by atoms with Gasteiger partial charge in [-0.05, 0) is 52.9 Å². The summed E-state index contributed by atoms with van der Waals surface area (Å²) >= 11 is 0. The van der Waals surface area contributed by atoms with Gasteiger partial charge in [-0.2, -0.15) is 18.3 Å². The number of alkyl halides is 3. The van der Waals surface area contributed by atoms with Gasteiger partial charge in [-0.1, -0.05) is 0 Å². The van der Waals surface area contributed by atoms with Gasteiger partial charge in [0.15, 0.2) is 11.6 Å². The summed E-state index contributed by atoms with van der Waals surface area (Å²) in [5, 5.41) is 18.1. The third kappa shape index (κ3) is 5.32. The van der Waals surface area contributed by atoms with Crippen molar-refractivity contribution in [1.29, 1.82) is 0 Å². The van der Waals surface area contributed by atoms with Crippen LogP contribution in [-0.4, -0.2) is 45.9 Å². The van der Waals surface area contributed by atoms with Crippen molar-refractivity contribution in [3.05, 3.63) is 95.2 Å². The summed E-state index contributed by atoms with van der Waals surface area (Å²) in [5.41, 5.74) is -1.86. The van der Waals surface area contributed by atoms with E-state index in [2.05, 4.69) is 35.9 Å². The number of hydrogen-bond donors (Lipinski definition) is 1. The Labute approximate surface area is 216 Å². The third-order valence-electron chi connectivity index (χ3n) is 5.58. The highest BCUT2D eigenvalue weighted by atomic mass is 19.4. The molecule has 0 fully saturated rings. The second-order valence-corrected chi connectivity index (χ2v) is 8.21. The summed E-state index contributed by atoms with van der Waals surface area (Å²) in [6, 6.07) is 8.98. The molecule has 39 heavy (non-hydrogen) atoms. The summed E-state index contributed by atoms with van der Waals surface area (Å²) in [6.45, 7) is 0. The van der Waals surface area contributed by atoms with Gasteiger partial charge in [0.05, 0.1) is 28.9 Å². The summed E-state index contributed by atoms with van der Waals surface area (Å²) in [4.78, 5) is 20.8. The van der Waals surface area contributed by atoms with Gasteiger partial charge in [0.1, 0.15) is 17.5 Å². The Hall–Kier alpha value is -5.08. The zero-order valence-corrected chi connectivity index (χ0v) is 19.9. The monoisotopic (exact) mass is 541 g/mol. The van der Waals surface area contributed by atoms with E-state index in [1.54, 1.807) is 7.05 Å². The third-order valence-corrected chi connectivity index (χ3v) is 5.58. The minimum atomic E-state index is -4.94. The van der Waals surface area contributed by atoms with Crippen molar-refractivity contribution >= 4 is 11.7 Å². The maximum absolute atomic E-state index is 14.9. The van der Waals surface area contributed by atoms with Crippen molar-refractivity contribution in [1.82, 2.24) is 40.0 Å². The van der Waals surface area contributed by atoms with Crippen LogP contribution in [-0.2, 0) is 19.6 Å². The fourth-order valence-corrected chi connectivity index (χ4v) is 3.73. The van der Waals surface area contributed by atoms with Gasteiger partial charge < -0.3 is 5.32 Å². The first-order chi connectivity index (χ1) is 18.6. The van der Waals surface area contributed by atoms with Gasteiger partial charge in [0, 0.05) is 31.1 Å². The van der Waals surface area contributed by atoms with E-state index < -0.39 is 40.4 Å². The number of nitrogens with one attached hydrogen (secondary N) is 1. The molecule has 5 rings (SSSR count). The van der Waals surface area contributed by atoms with E-state index in [9.17, 15) is 26.7 Å². The average Bonchev–Trinajstić information content (AvgIpc) is 3.49. The molecular formula is C24H16F5N9O. The largest absolute Gasteiger partial charge is 0.417 e. The molecule has 1 amide bonds. The van der Waals surface area contributed by atoms with Gasteiger partial charge in [0.25, 0.3) is 5.91 Å². The molecular weight excluding hydrogens is 525 g/mol. The van der Waals surface area contributed by atoms with Crippen molar-refractivity contribution in [2.24, 2.45) is 7.05 Å². The van der Waals surface area contributed by atoms with Gasteiger partial charge in [-0.15, -0.1) is 5.10 Å². The summed E-state index contributed by atoms with van der Waals surface area (Å²) in [7, 11) is 1.62. The molecule has 5 aromatic rings. The average molecular weight is 541 g/mol. The topological polar surface area (TPSA) is 116 Å².